The van der Waals surface area contributed by atoms with Crippen molar-refractivity contribution >= 4 is 9.84 Å². The van der Waals surface area contributed by atoms with E-state index < -0.39 is 9.84 Å². The summed E-state index contributed by atoms with van der Waals surface area (Å²) in [5.41, 5.74) is 0. The second kappa shape index (κ2) is 6.35. The first-order chi connectivity index (χ1) is 8.61. The van der Waals surface area contributed by atoms with Gasteiger partial charge in [0.1, 0.15) is 9.84 Å². The summed E-state index contributed by atoms with van der Waals surface area (Å²) in [6.07, 6.45) is 4.84. The van der Waals surface area contributed by atoms with E-state index in [9.17, 15) is 8.42 Å². The van der Waals surface area contributed by atoms with E-state index in [1.807, 2.05) is 0 Å². The third-order valence-corrected chi connectivity index (χ3v) is 5.85. The van der Waals surface area contributed by atoms with Crippen molar-refractivity contribution in [1.29, 1.82) is 0 Å². The summed E-state index contributed by atoms with van der Waals surface area (Å²) in [6, 6.07) is 0.893. The number of hydrogen-bond donors (Lipinski definition) is 1. The number of nitrogens with one attached hydrogen (secondary N) is 1. The predicted octanol–water partition coefficient (Wildman–Crippen LogP) is 0.885. The predicted molar refractivity (Wildman–Crippen MR) is 74.5 cm³/mol. The molecule has 1 heterocycles. The van der Waals surface area contributed by atoms with E-state index in [-0.39, 0.29) is 5.75 Å². The van der Waals surface area contributed by atoms with Crippen molar-refractivity contribution in [3.8, 4) is 0 Å². The van der Waals surface area contributed by atoms with Gasteiger partial charge < -0.3 is 10.2 Å². The Morgan fingerprint density at radius 3 is 2.72 bits per heavy atom. The van der Waals surface area contributed by atoms with Crippen LogP contribution in [0.4, 0.5) is 0 Å². The van der Waals surface area contributed by atoms with Gasteiger partial charge in [0.25, 0.3) is 0 Å². The van der Waals surface area contributed by atoms with E-state index in [1.54, 1.807) is 6.92 Å². The molecule has 18 heavy (non-hydrogen) atoms. The summed E-state index contributed by atoms with van der Waals surface area (Å²) in [4.78, 5) is 2.62. The highest BCUT2D eigenvalue weighted by atomic mass is 32.2. The van der Waals surface area contributed by atoms with Gasteiger partial charge >= 0.3 is 0 Å². The summed E-state index contributed by atoms with van der Waals surface area (Å²) in [7, 11) is -2.78. The van der Waals surface area contributed by atoms with Gasteiger partial charge in [-0.1, -0.05) is 6.92 Å². The highest BCUT2D eigenvalue weighted by Crippen LogP contribution is 2.31. The van der Waals surface area contributed by atoms with Crippen LogP contribution in [0, 0.1) is 5.92 Å². The lowest BCUT2D eigenvalue weighted by Crippen LogP contribution is -2.28. The molecule has 106 valence electrons. The van der Waals surface area contributed by atoms with Crippen LogP contribution in [-0.2, 0) is 9.84 Å². The smallest absolute Gasteiger partial charge is 0.150 e. The first kappa shape index (κ1) is 14.3. The highest BCUT2D eigenvalue weighted by molar-refractivity contribution is 7.91. The van der Waals surface area contributed by atoms with E-state index in [0.29, 0.717) is 5.75 Å². The lowest BCUT2D eigenvalue weighted by atomic mass is 10.1. The Labute approximate surface area is 111 Å². The Bertz CT molecular complexity index is 352. The van der Waals surface area contributed by atoms with Crippen LogP contribution in [0.25, 0.3) is 0 Å². The maximum atomic E-state index is 11.3. The number of hydrogen-bond acceptors (Lipinski definition) is 4. The third kappa shape index (κ3) is 4.52. The molecular weight excluding hydrogens is 248 g/mol. The zero-order valence-corrected chi connectivity index (χ0v) is 12.2. The van der Waals surface area contributed by atoms with Crippen LogP contribution in [0.5, 0.6) is 0 Å². The van der Waals surface area contributed by atoms with Crippen molar-refractivity contribution in [2.45, 2.75) is 38.6 Å². The fourth-order valence-corrected chi connectivity index (χ4v) is 3.54. The van der Waals surface area contributed by atoms with Crippen LogP contribution < -0.4 is 5.32 Å². The van der Waals surface area contributed by atoms with Crippen molar-refractivity contribution in [3.05, 3.63) is 0 Å². The SMILES string of the molecule is CCS(=O)(=O)CCCNCC1CCN(C2CC2)C1. The maximum absolute atomic E-state index is 11.3. The monoisotopic (exact) mass is 274 g/mol. The molecule has 4 nitrogen and oxygen atoms in total. The Balaban J connectivity index is 1.51. The van der Waals surface area contributed by atoms with Crippen LogP contribution in [0.2, 0.25) is 0 Å². The van der Waals surface area contributed by atoms with Gasteiger partial charge in [0.2, 0.25) is 0 Å². The molecule has 1 saturated heterocycles. The van der Waals surface area contributed by atoms with Crippen LogP contribution in [0.1, 0.15) is 32.6 Å². The van der Waals surface area contributed by atoms with Gasteiger partial charge in [0.15, 0.2) is 0 Å². The van der Waals surface area contributed by atoms with Gasteiger partial charge in [-0.05, 0) is 51.2 Å². The average Bonchev–Trinajstić information content (AvgIpc) is 3.09. The second-order valence-electron chi connectivity index (χ2n) is 5.67. The van der Waals surface area contributed by atoms with Crippen molar-refractivity contribution in [3.63, 3.8) is 0 Å². The molecule has 0 aromatic heterocycles. The van der Waals surface area contributed by atoms with Crippen molar-refractivity contribution in [2.75, 3.05) is 37.7 Å². The number of likely N-dealkylation sites (tertiary alicyclic amines) is 1. The molecule has 0 aromatic carbocycles. The van der Waals surface area contributed by atoms with E-state index in [4.69, 9.17) is 0 Å². The number of rotatable bonds is 8. The van der Waals surface area contributed by atoms with E-state index >= 15 is 0 Å². The molecule has 1 aliphatic heterocycles. The molecule has 5 heteroatoms. The molecule has 0 radical (unpaired) electrons. The quantitative estimate of drug-likeness (QED) is 0.668. The zero-order chi connectivity index (χ0) is 13.0. The van der Waals surface area contributed by atoms with Gasteiger partial charge in [-0.15, -0.1) is 0 Å². The van der Waals surface area contributed by atoms with Gasteiger partial charge in [0, 0.05) is 18.3 Å². The molecule has 1 aliphatic carbocycles. The summed E-state index contributed by atoms with van der Waals surface area (Å²) < 4.78 is 22.6. The summed E-state index contributed by atoms with van der Waals surface area (Å²) in [5, 5.41) is 3.41. The van der Waals surface area contributed by atoms with E-state index in [0.717, 1.165) is 31.5 Å². The van der Waals surface area contributed by atoms with Gasteiger partial charge in [0.05, 0.1) is 5.75 Å². The van der Waals surface area contributed by atoms with Crippen molar-refractivity contribution in [2.24, 2.45) is 5.92 Å². The first-order valence-corrected chi connectivity index (χ1v) is 9.08. The molecule has 2 fully saturated rings. The first-order valence-electron chi connectivity index (χ1n) is 7.26. The highest BCUT2D eigenvalue weighted by Gasteiger charge is 2.33. The summed E-state index contributed by atoms with van der Waals surface area (Å²) in [6.45, 7) is 6.11. The zero-order valence-electron chi connectivity index (χ0n) is 11.4. The molecule has 0 spiro atoms. The lowest BCUT2D eigenvalue weighted by molar-refractivity contribution is 0.312. The van der Waals surface area contributed by atoms with E-state index in [2.05, 4.69) is 10.2 Å². The Hall–Kier alpha value is -0.130. The average molecular weight is 274 g/mol. The molecule has 2 rings (SSSR count). The Morgan fingerprint density at radius 2 is 2.06 bits per heavy atom. The lowest BCUT2D eigenvalue weighted by Gasteiger charge is -2.15. The second-order valence-corrected chi connectivity index (χ2v) is 8.15. The minimum absolute atomic E-state index is 0.270. The third-order valence-electron chi connectivity index (χ3n) is 4.06. The van der Waals surface area contributed by atoms with E-state index in [1.165, 1.54) is 32.4 Å². The molecule has 1 N–H and O–H groups in total. The van der Waals surface area contributed by atoms with Gasteiger partial charge in [-0.2, -0.15) is 0 Å². The summed E-state index contributed by atoms with van der Waals surface area (Å²) >= 11 is 0. The van der Waals surface area contributed by atoms with Crippen LogP contribution in [-0.4, -0.2) is 57.0 Å². The normalized spacial score (nSPS) is 25.7. The van der Waals surface area contributed by atoms with Gasteiger partial charge in [-0.25, -0.2) is 8.42 Å². The van der Waals surface area contributed by atoms with Crippen molar-refractivity contribution < 1.29 is 8.42 Å². The van der Waals surface area contributed by atoms with Crippen LogP contribution >= 0.6 is 0 Å². The standard InChI is InChI=1S/C13H26N2O2S/c1-2-18(16,17)9-3-7-14-10-12-6-8-15(11-12)13-4-5-13/h12-14H,2-11H2,1H3. The molecule has 0 bridgehead atoms. The molecule has 1 saturated carbocycles. The van der Waals surface area contributed by atoms with Crippen LogP contribution in [0.3, 0.4) is 0 Å². The Morgan fingerprint density at radius 1 is 1.28 bits per heavy atom. The minimum atomic E-state index is -2.78. The topological polar surface area (TPSA) is 49.4 Å². The number of nitrogens with zero attached hydrogens (tertiary/aromatic N) is 1. The van der Waals surface area contributed by atoms with Gasteiger partial charge in [-0.3, -0.25) is 0 Å². The van der Waals surface area contributed by atoms with Crippen molar-refractivity contribution in [1.82, 2.24) is 10.2 Å². The fourth-order valence-electron chi connectivity index (χ4n) is 2.67. The van der Waals surface area contributed by atoms with Crippen LogP contribution in [0.15, 0.2) is 0 Å². The Kier molecular flexibility index (Phi) is 5.04. The maximum Gasteiger partial charge on any atom is 0.150 e. The fraction of sp³-hybridized carbons (Fsp3) is 1.00. The molecule has 1 atom stereocenters. The molecule has 0 aromatic rings. The minimum Gasteiger partial charge on any atom is -0.316 e. The molecule has 2 aliphatic rings. The summed E-state index contributed by atoms with van der Waals surface area (Å²) in [5.74, 6) is 1.37. The molecule has 1 unspecified atom stereocenters. The molecular formula is C13H26N2O2S. The molecule has 0 amide bonds. The largest absolute Gasteiger partial charge is 0.316 e. The number of sulfone groups is 1.